The van der Waals surface area contributed by atoms with Crippen molar-refractivity contribution in [3.63, 3.8) is 0 Å². The largest absolute Gasteiger partial charge is 0.314 e. The fraction of sp³-hybridized carbons (Fsp3) is 0.786. The first-order chi connectivity index (χ1) is 8.49. The van der Waals surface area contributed by atoms with Crippen LogP contribution < -0.4 is 5.32 Å². The first-order valence-corrected chi connectivity index (χ1v) is 7.77. The molecule has 1 aromatic heterocycles. The number of aromatic nitrogens is 1. The van der Waals surface area contributed by atoms with Gasteiger partial charge in [-0.05, 0) is 19.8 Å². The highest BCUT2D eigenvalue weighted by molar-refractivity contribution is 7.09. The van der Waals surface area contributed by atoms with Crippen molar-refractivity contribution in [2.45, 2.75) is 45.6 Å². The molecule has 0 atom stereocenters. The van der Waals surface area contributed by atoms with E-state index in [4.69, 9.17) is 4.98 Å². The molecule has 1 aliphatic rings. The minimum atomic E-state index is 0.216. The monoisotopic (exact) mass is 267 g/mol. The van der Waals surface area contributed by atoms with E-state index in [1.807, 2.05) is 11.3 Å². The fourth-order valence-corrected chi connectivity index (χ4v) is 3.60. The van der Waals surface area contributed by atoms with Crippen molar-refractivity contribution >= 4 is 11.3 Å². The third-order valence-electron chi connectivity index (χ3n) is 3.72. The van der Waals surface area contributed by atoms with Crippen molar-refractivity contribution in [3.05, 3.63) is 16.1 Å². The quantitative estimate of drug-likeness (QED) is 0.908. The Kier molecular flexibility index (Phi) is 4.41. The minimum Gasteiger partial charge on any atom is -0.314 e. The van der Waals surface area contributed by atoms with Crippen molar-refractivity contribution in [2.24, 2.45) is 0 Å². The van der Waals surface area contributed by atoms with Gasteiger partial charge in [-0.1, -0.05) is 13.8 Å². The van der Waals surface area contributed by atoms with E-state index in [0.717, 1.165) is 32.6 Å². The lowest BCUT2D eigenvalue weighted by Gasteiger charge is -2.40. The molecule has 0 aromatic carbocycles. The smallest absolute Gasteiger partial charge is 0.0946 e. The van der Waals surface area contributed by atoms with Crippen molar-refractivity contribution in [1.82, 2.24) is 15.2 Å². The minimum absolute atomic E-state index is 0.216. The van der Waals surface area contributed by atoms with E-state index in [1.165, 1.54) is 10.7 Å². The van der Waals surface area contributed by atoms with Crippen LogP contribution in [0.2, 0.25) is 0 Å². The van der Waals surface area contributed by atoms with Crippen LogP contribution in [-0.4, -0.2) is 41.6 Å². The molecule has 3 nitrogen and oxygen atoms in total. The second-order valence-corrected chi connectivity index (χ2v) is 6.99. The molecule has 0 radical (unpaired) electrons. The molecule has 0 unspecified atom stereocenters. The van der Waals surface area contributed by atoms with Gasteiger partial charge in [0.15, 0.2) is 0 Å². The lowest BCUT2D eigenvalue weighted by molar-refractivity contribution is 0.103. The summed E-state index contributed by atoms with van der Waals surface area (Å²) >= 11 is 1.82. The van der Waals surface area contributed by atoms with E-state index >= 15 is 0 Å². The van der Waals surface area contributed by atoms with E-state index in [0.29, 0.717) is 5.92 Å². The van der Waals surface area contributed by atoms with Gasteiger partial charge in [0.1, 0.15) is 0 Å². The zero-order valence-corrected chi connectivity index (χ0v) is 12.8. The summed E-state index contributed by atoms with van der Waals surface area (Å²) in [4.78, 5) is 7.35. The zero-order chi connectivity index (χ0) is 13.2. The highest BCUT2D eigenvalue weighted by Gasteiger charge is 2.29. The summed E-state index contributed by atoms with van der Waals surface area (Å²) in [5, 5.41) is 6.91. The van der Waals surface area contributed by atoms with Gasteiger partial charge >= 0.3 is 0 Å². The summed E-state index contributed by atoms with van der Waals surface area (Å²) in [5.41, 5.74) is 1.46. The van der Waals surface area contributed by atoms with E-state index in [1.54, 1.807) is 0 Å². The molecule has 0 spiro atoms. The van der Waals surface area contributed by atoms with Crippen LogP contribution in [-0.2, 0) is 6.42 Å². The average Bonchev–Trinajstić information content (AvgIpc) is 2.78. The third-order valence-corrected chi connectivity index (χ3v) is 4.58. The molecule has 1 aliphatic heterocycles. The van der Waals surface area contributed by atoms with Gasteiger partial charge in [0.05, 0.1) is 10.7 Å². The van der Waals surface area contributed by atoms with Gasteiger partial charge in [-0.3, -0.25) is 4.90 Å². The summed E-state index contributed by atoms with van der Waals surface area (Å²) < 4.78 is 0. The summed E-state index contributed by atoms with van der Waals surface area (Å²) in [7, 11) is 0. The third kappa shape index (κ3) is 3.31. The number of hydrogen-bond donors (Lipinski definition) is 1. The van der Waals surface area contributed by atoms with Crippen LogP contribution in [0.15, 0.2) is 5.38 Å². The number of rotatable bonds is 4. The van der Waals surface area contributed by atoms with Gasteiger partial charge in [-0.25, -0.2) is 4.98 Å². The molecule has 0 aliphatic carbocycles. The average molecular weight is 267 g/mol. The van der Waals surface area contributed by atoms with Crippen LogP contribution in [0.4, 0.5) is 0 Å². The molecule has 0 amide bonds. The summed E-state index contributed by atoms with van der Waals surface area (Å²) in [6.45, 7) is 13.6. The molecule has 0 saturated carbocycles. The first kappa shape index (κ1) is 14.0. The number of nitrogens with zero attached hydrogens (tertiary/aromatic N) is 2. The van der Waals surface area contributed by atoms with Gasteiger partial charge in [0.2, 0.25) is 0 Å². The van der Waals surface area contributed by atoms with Crippen molar-refractivity contribution in [3.8, 4) is 0 Å². The second-order valence-electron chi connectivity index (χ2n) is 6.05. The normalized spacial score (nSPS) is 18.5. The van der Waals surface area contributed by atoms with Crippen LogP contribution in [0, 0.1) is 0 Å². The molecule has 1 aromatic rings. The molecule has 18 heavy (non-hydrogen) atoms. The molecular formula is C14H25N3S. The molecule has 1 N–H and O–H groups in total. The Morgan fingerprint density at radius 2 is 2.06 bits per heavy atom. The summed E-state index contributed by atoms with van der Waals surface area (Å²) in [5.74, 6) is 0.539. The Labute approximate surface area is 115 Å². The predicted molar refractivity (Wildman–Crippen MR) is 78.4 cm³/mol. The van der Waals surface area contributed by atoms with E-state index in [-0.39, 0.29) is 5.54 Å². The van der Waals surface area contributed by atoms with E-state index < -0.39 is 0 Å². The lowest BCUT2D eigenvalue weighted by Crippen LogP contribution is -2.54. The SMILES string of the molecule is CC(C)c1csc(CC(C)(C)N2CCNCC2)n1. The van der Waals surface area contributed by atoms with Gasteiger partial charge in [0.25, 0.3) is 0 Å². The van der Waals surface area contributed by atoms with Crippen LogP contribution in [0.5, 0.6) is 0 Å². The molecule has 1 saturated heterocycles. The molecule has 2 heterocycles. The topological polar surface area (TPSA) is 28.2 Å². The van der Waals surface area contributed by atoms with Gasteiger partial charge in [0, 0.05) is 43.5 Å². The van der Waals surface area contributed by atoms with E-state index in [2.05, 4.69) is 43.3 Å². The van der Waals surface area contributed by atoms with Crippen LogP contribution in [0.3, 0.4) is 0 Å². The number of thiazole rings is 1. The second kappa shape index (κ2) is 5.68. The number of hydrogen-bond acceptors (Lipinski definition) is 4. The summed E-state index contributed by atoms with van der Waals surface area (Å²) in [6.07, 6.45) is 1.06. The first-order valence-electron chi connectivity index (χ1n) is 6.89. The Balaban J connectivity index is 2.01. The molecule has 2 rings (SSSR count). The number of piperazine rings is 1. The maximum Gasteiger partial charge on any atom is 0.0946 e. The molecular weight excluding hydrogens is 242 g/mol. The highest BCUT2D eigenvalue weighted by Crippen LogP contribution is 2.25. The Bertz CT molecular complexity index is 378. The van der Waals surface area contributed by atoms with Crippen LogP contribution >= 0.6 is 11.3 Å². The molecule has 1 fully saturated rings. The fourth-order valence-electron chi connectivity index (χ4n) is 2.42. The van der Waals surface area contributed by atoms with Gasteiger partial charge < -0.3 is 5.32 Å². The zero-order valence-electron chi connectivity index (χ0n) is 12.0. The number of nitrogens with one attached hydrogen (secondary N) is 1. The van der Waals surface area contributed by atoms with Gasteiger partial charge in [-0.15, -0.1) is 11.3 Å². The van der Waals surface area contributed by atoms with Crippen molar-refractivity contribution < 1.29 is 0 Å². The molecule has 102 valence electrons. The standard InChI is InChI=1S/C14H25N3S/c1-11(2)12-10-18-13(16-12)9-14(3,4)17-7-5-15-6-8-17/h10-11,15H,5-9H2,1-4H3. The molecule has 4 heteroatoms. The predicted octanol–water partition coefficient (Wildman–Crippen LogP) is 2.49. The Morgan fingerprint density at radius 1 is 1.39 bits per heavy atom. The van der Waals surface area contributed by atoms with Crippen molar-refractivity contribution in [2.75, 3.05) is 26.2 Å². The van der Waals surface area contributed by atoms with Crippen LogP contribution in [0.1, 0.15) is 44.3 Å². The van der Waals surface area contributed by atoms with E-state index in [9.17, 15) is 0 Å². The Morgan fingerprint density at radius 3 is 2.61 bits per heavy atom. The summed E-state index contributed by atoms with van der Waals surface area (Å²) in [6, 6.07) is 0. The van der Waals surface area contributed by atoms with Crippen LogP contribution in [0.25, 0.3) is 0 Å². The lowest BCUT2D eigenvalue weighted by atomic mass is 9.97. The van der Waals surface area contributed by atoms with Gasteiger partial charge in [-0.2, -0.15) is 0 Å². The maximum atomic E-state index is 4.77. The van der Waals surface area contributed by atoms with Crippen molar-refractivity contribution in [1.29, 1.82) is 0 Å². The maximum absolute atomic E-state index is 4.77. The Hall–Kier alpha value is -0.450. The molecule has 0 bridgehead atoms. The highest BCUT2D eigenvalue weighted by atomic mass is 32.1.